The van der Waals surface area contributed by atoms with Crippen LogP contribution in [0, 0.1) is 0 Å². The summed E-state index contributed by atoms with van der Waals surface area (Å²) in [6.07, 6.45) is 3.14. The first-order valence-electron chi connectivity index (χ1n) is 7.65. The molecule has 7 nitrogen and oxygen atoms in total. The SMILES string of the molecule is NC(=O)Nc1ccc(CNC(=O)c2cncn2-c2ccccc2)cc1. The lowest BCUT2D eigenvalue weighted by Crippen LogP contribution is -2.25. The van der Waals surface area contributed by atoms with E-state index >= 15 is 0 Å². The quantitative estimate of drug-likeness (QED) is 0.666. The average Bonchev–Trinajstić information content (AvgIpc) is 3.11. The number of carbonyl (C=O) groups is 2. The first-order valence-corrected chi connectivity index (χ1v) is 7.65. The lowest BCUT2D eigenvalue weighted by Gasteiger charge is -2.09. The summed E-state index contributed by atoms with van der Waals surface area (Å²) in [7, 11) is 0. The molecule has 0 aliphatic rings. The third-order valence-corrected chi connectivity index (χ3v) is 3.58. The van der Waals surface area contributed by atoms with Crippen LogP contribution in [0.2, 0.25) is 0 Å². The second kappa shape index (κ2) is 7.31. The maximum Gasteiger partial charge on any atom is 0.316 e. The molecular formula is C18H17N5O2. The highest BCUT2D eigenvalue weighted by Crippen LogP contribution is 2.12. The molecule has 4 N–H and O–H groups in total. The smallest absolute Gasteiger partial charge is 0.316 e. The van der Waals surface area contributed by atoms with Gasteiger partial charge in [-0.25, -0.2) is 9.78 Å². The van der Waals surface area contributed by atoms with Gasteiger partial charge in [0.2, 0.25) is 0 Å². The van der Waals surface area contributed by atoms with Crippen molar-refractivity contribution in [2.24, 2.45) is 5.73 Å². The highest BCUT2D eigenvalue weighted by Gasteiger charge is 2.12. The maximum atomic E-state index is 12.4. The van der Waals surface area contributed by atoms with Crippen LogP contribution in [0.1, 0.15) is 16.1 Å². The standard InChI is InChI=1S/C18H17N5O2/c19-18(25)22-14-8-6-13(7-9-14)10-21-17(24)16-11-20-12-23(16)15-4-2-1-3-5-15/h1-9,11-12H,10H2,(H,21,24)(H3,19,22,25). The molecular weight excluding hydrogens is 318 g/mol. The molecule has 0 saturated heterocycles. The molecule has 0 aliphatic carbocycles. The van der Waals surface area contributed by atoms with Gasteiger partial charge in [0, 0.05) is 17.9 Å². The molecule has 0 saturated carbocycles. The van der Waals surface area contributed by atoms with Gasteiger partial charge in [0.25, 0.3) is 5.91 Å². The molecule has 3 amide bonds. The van der Waals surface area contributed by atoms with E-state index in [0.717, 1.165) is 11.3 Å². The third kappa shape index (κ3) is 4.03. The Hall–Kier alpha value is -3.61. The molecule has 25 heavy (non-hydrogen) atoms. The number of hydrogen-bond acceptors (Lipinski definition) is 3. The summed E-state index contributed by atoms with van der Waals surface area (Å²) in [6, 6.07) is 16.0. The van der Waals surface area contributed by atoms with E-state index in [-0.39, 0.29) is 5.91 Å². The van der Waals surface area contributed by atoms with E-state index in [0.29, 0.717) is 17.9 Å². The van der Waals surface area contributed by atoms with Crippen LogP contribution in [-0.4, -0.2) is 21.5 Å². The van der Waals surface area contributed by atoms with Crippen molar-refractivity contribution in [2.45, 2.75) is 6.54 Å². The van der Waals surface area contributed by atoms with Crippen molar-refractivity contribution in [3.8, 4) is 5.69 Å². The maximum absolute atomic E-state index is 12.4. The molecule has 1 aromatic heterocycles. The van der Waals surface area contributed by atoms with E-state index in [1.807, 2.05) is 30.3 Å². The zero-order valence-corrected chi connectivity index (χ0v) is 13.3. The molecule has 3 rings (SSSR count). The number of nitrogens with one attached hydrogen (secondary N) is 2. The molecule has 0 fully saturated rings. The van der Waals surface area contributed by atoms with Gasteiger partial charge >= 0.3 is 6.03 Å². The predicted molar refractivity (Wildman–Crippen MR) is 94.4 cm³/mol. The Morgan fingerprint density at radius 3 is 2.44 bits per heavy atom. The van der Waals surface area contributed by atoms with Crippen LogP contribution in [0.15, 0.2) is 67.1 Å². The Morgan fingerprint density at radius 2 is 1.76 bits per heavy atom. The Morgan fingerprint density at radius 1 is 1.04 bits per heavy atom. The fourth-order valence-corrected chi connectivity index (χ4v) is 2.38. The third-order valence-electron chi connectivity index (χ3n) is 3.58. The minimum absolute atomic E-state index is 0.222. The van der Waals surface area contributed by atoms with E-state index < -0.39 is 6.03 Å². The second-order valence-corrected chi connectivity index (χ2v) is 5.35. The number of primary amides is 1. The van der Waals surface area contributed by atoms with Crippen molar-refractivity contribution in [2.75, 3.05) is 5.32 Å². The zero-order valence-electron chi connectivity index (χ0n) is 13.3. The number of imidazole rings is 1. The average molecular weight is 335 g/mol. The number of benzene rings is 2. The van der Waals surface area contributed by atoms with Crippen LogP contribution < -0.4 is 16.4 Å². The van der Waals surface area contributed by atoms with Crippen LogP contribution >= 0.6 is 0 Å². The highest BCUT2D eigenvalue weighted by atomic mass is 16.2. The summed E-state index contributed by atoms with van der Waals surface area (Å²) >= 11 is 0. The van der Waals surface area contributed by atoms with E-state index in [1.165, 1.54) is 6.20 Å². The second-order valence-electron chi connectivity index (χ2n) is 5.35. The molecule has 0 spiro atoms. The largest absolute Gasteiger partial charge is 0.351 e. The van der Waals surface area contributed by atoms with Crippen LogP contribution in [0.4, 0.5) is 10.5 Å². The first kappa shape index (κ1) is 16.3. The summed E-state index contributed by atoms with van der Waals surface area (Å²) in [6.45, 7) is 0.357. The van der Waals surface area contributed by atoms with E-state index in [4.69, 9.17) is 5.73 Å². The highest BCUT2D eigenvalue weighted by molar-refractivity contribution is 5.93. The number of urea groups is 1. The van der Waals surface area contributed by atoms with Gasteiger partial charge in [-0.2, -0.15) is 0 Å². The van der Waals surface area contributed by atoms with Gasteiger partial charge in [-0.3, -0.25) is 9.36 Å². The lowest BCUT2D eigenvalue weighted by atomic mass is 10.2. The van der Waals surface area contributed by atoms with Crippen LogP contribution in [-0.2, 0) is 6.54 Å². The number of carbonyl (C=O) groups excluding carboxylic acids is 2. The number of nitrogens with two attached hydrogens (primary N) is 1. The Kier molecular flexibility index (Phi) is 4.75. The zero-order chi connectivity index (χ0) is 17.6. The number of amides is 3. The van der Waals surface area contributed by atoms with Crippen LogP contribution in [0.3, 0.4) is 0 Å². The number of nitrogens with zero attached hydrogens (tertiary/aromatic N) is 2. The molecule has 7 heteroatoms. The van der Waals surface area contributed by atoms with Crippen LogP contribution in [0.25, 0.3) is 5.69 Å². The fourth-order valence-electron chi connectivity index (χ4n) is 2.38. The lowest BCUT2D eigenvalue weighted by molar-refractivity contribution is 0.0944. The molecule has 3 aromatic rings. The van der Waals surface area contributed by atoms with Crippen molar-refractivity contribution < 1.29 is 9.59 Å². The molecule has 1 heterocycles. The van der Waals surface area contributed by atoms with Crippen LogP contribution in [0.5, 0.6) is 0 Å². The van der Waals surface area contributed by atoms with Gasteiger partial charge in [0.15, 0.2) is 0 Å². The van der Waals surface area contributed by atoms with Crippen molar-refractivity contribution in [1.29, 1.82) is 0 Å². The summed E-state index contributed by atoms with van der Waals surface area (Å²) in [5.74, 6) is -0.222. The number of anilines is 1. The van der Waals surface area contributed by atoms with E-state index in [2.05, 4.69) is 15.6 Å². The Balaban J connectivity index is 1.66. The summed E-state index contributed by atoms with van der Waals surface area (Å²) < 4.78 is 1.73. The van der Waals surface area contributed by atoms with E-state index in [1.54, 1.807) is 35.2 Å². The van der Waals surface area contributed by atoms with Gasteiger partial charge in [-0.05, 0) is 29.8 Å². The van der Waals surface area contributed by atoms with E-state index in [9.17, 15) is 9.59 Å². The monoisotopic (exact) mass is 335 g/mol. The molecule has 0 aliphatic heterocycles. The Labute approximate surface area is 144 Å². The van der Waals surface area contributed by atoms with Gasteiger partial charge < -0.3 is 16.4 Å². The Bertz CT molecular complexity index is 872. The van der Waals surface area contributed by atoms with Gasteiger partial charge in [-0.15, -0.1) is 0 Å². The van der Waals surface area contributed by atoms with Gasteiger partial charge in [0.05, 0.1) is 12.5 Å². The van der Waals surface area contributed by atoms with Gasteiger partial charge in [0.1, 0.15) is 5.69 Å². The number of hydrogen-bond donors (Lipinski definition) is 3. The van der Waals surface area contributed by atoms with Crippen molar-refractivity contribution in [1.82, 2.24) is 14.9 Å². The summed E-state index contributed by atoms with van der Waals surface area (Å²) in [4.78, 5) is 27.3. The van der Waals surface area contributed by atoms with Gasteiger partial charge in [-0.1, -0.05) is 30.3 Å². The predicted octanol–water partition coefficient (Wildman–Crippen LogP) is 2.29. The minimum atomic E-state index is -0.616. The normalized spacial score (nSPS) is 10.2. The molecule has 0 atom stereocenters. The molecule has 126 valence electrons. The minimum Gasteiger partial charge on any atom is -0.351 e. The molecule has 0 radical (unpaired) electrons. The van der Waals surface area contributed by atoms with Crippen molar-refractivity contribution >= 4 is 17.6 Å². The number of rotatable bonds is 5. The first-order chi connectivity index (χ1) is 12.1. The summed E-state index contributed by atoms with van der Waals surface area (Å²) in [5, 5.41) is 5.34. The van der Waals surface area contributed by atoms with Crippen molar-refractivity contribution in [3.63, 3.8) is 0 Å². The molecule has 0 unspecified atom stereocenters. The molecule has 0 bridgehead atoms. The fraction of sp³-hybridized carbons (Fsp3) is 0.0556. The summed E-state index contributed by atoms with van der Waals surface area (Å²) in [5.41, 5.74) is 7.89. The topological polar surface area (TPSA) is 102 Å². The molecule has 2 aromatic carbocycles. The number of para-hydroxylation sites is 1. The number of aromatic nitrogens is 2. The van der Waals surface area contributed by atoms with Crippen molar-refractivity contribution in [3.05, 3.63) is 78.4 Å².